The Balaban J connectivity index is 0. The van der Waals surface area contributed by atoms with Crippen LogP contribution in [-0.4, -0.2) is 1100 Å². The molecule has 0 fully saturated rings. The zero-order chi connectivity index (χ0) is 0. The largest absolute Gasteiger partial charge is 2.00 e. The molecule has 0 saturated carbocycles. The normalized spacial score (nSPS) is 0. The topological polar surface area (TPSA) is 0 Å². The van der Waals surface area contributed by atoms with Gasteiger partial charge in [-0.2, -0.15) is 0 Å². The molecule has 90 radical (unpaired) electrons. The summed E-state index contributed by atoms with van der Waals surface area (Å²) in [5.41, 5.74) is 0. The second-order valence-corrected chi connectivity index (χ2v) is 0. The van der Waals surface area contributed by atoms with Crippen LogP contribution in [0.4, 0.5) is 0 Å². The maximum atomic E-state index is 0. The van der Waals surface area contributed by atoms with Gasteiger partial charge in [-0.3, -0.25) is 0 Å². The Morgan fingerprint density at radius 2 is 0.0545 bits per heavy atom. The van der Waals surface area contributed by atoms with Gasteiger partial charge in [-0.15, -0.1) is 0 Å². The molecule has 0 atom stereocenters. The Hall–Kier alpha value is 35.1. The van der Waals surface area contributed by atoms with Crippen LogP contribution in [0.25, 0.3) is 0 Å². The van der Waals surface area contributed by atoms with E-state index in [0.717, 1.165) is 0 Å². The third kappa shape index (κ3) is 548. The van der Waals surface area contributed by atoms with E-state index in [-0.39, 0.29) is 1170 Å². The van der Waals surface area contributed by atoms with Crippen molar-refractivity contribution in [3.05, 3.63) is 0 Å². The molecule has 0 rings (SSSR count). The Labute approximate surface area is 1140 Å². The fourth-order valence-corrected chi connectivity index (χ4v) is 0. The summed E-state index contributed by atoms with van der Waals surface area (Å²) in [6.45, 7) is 0. The molecule has 0 aliphatic heterocycles. The van der Waals surface area contributed by atoms with E-state index in [9.17, 15) is 0 Å². The molecule has 0 N–H and O–H groups in total. The summed E-state index contributed by atoms with van der Waals surface area (Å²) < 4.78 is 0. The smallest absolute Gasteiger partial charge is 1.00 e. The SMILES string of the molecule is [Al].[Al].[Al].[Al].[Al].[Al].[Al].[Al].[Al].[Al].[Al].[Al].[Al].[Al].[Al].[Al].[Al].[Al].[Al].[Al].[Al].[Al].[Al].[Al].[Al].[Al].[Al].[Al].[Al].[Al].[H-].[H-].[H-].[H-].[H-].[H-].[H-].[H-].[H-].[H-].[H-].[H-].[H-].[H-].[H-].[H-].[H-].[H-].[H-].[H-].[H-].[H-].[H-].[H-].[H-].[H-].[H-].[H-].[H-].[H-].[H-].[H-].[H-].[H-].[H-].[H-].[H-].[H-].[H-].[H-].[H-].[H-].[H-].[H-].[H-].[H-].[H-].[H-].[H-].[H-].[Mg+2].[Mg+2].[Mg+2].[Mg+2].[Mg+2].[Mg+2].[Mg+2].[Mg+2].[Mg+2].[Mg+2].[Mg+2].[Mg+2].[Mg+2].[Mg+2].[Mg+2].[Mg+2].[Mg+2].[Mg+2].[Mg+2].[Mg+2].[Mg+2].[Mg+2].[Mg+2].[Mg+2].[Mg+2]. The molecule has 0 aromatic rings. The Morgan fingerprint density at radius 3 is 0.0545 bits per heavy atom. The maximum Gasteiger partial charge on any atom is 2.00 e. The monoisotopic (exact) mass is 1460 g/mol. The van der Waals surface area contributed by atoms with Gasteiger partial charge in [-0.05, 0) is 0 Å². The predicted octanol–water partition coefficient (Wildman–Crippen LogP) is -15.3. The minimum Gasteiger partial charge on any atom is -1.00 e. The van der Waals surface area contributed by atoms with Crippen molar-refractivity contribution in [2.45, 2.75) is 0 Å². The molecule has 0 nitrogen and oxygen atoms in total. The molecule has 0 bridgehead atoms. The van der Waals surface area contributed by atoms with E-state index in [1.54, 1.807) is 0 Å². The van der Waals surface area contributed by atoms with Crippen LogP contribution in [0, 0.1) is 0 Å². The van der Waals surface area contributed by atoms with Gasteiger partial charge in [0.25, 0.3) is 0 Å². The molecule has 0 heterocycles. The van der Waals surface area contributed by atoms with Crippen LogP contribution in [-0.2, 0) is 0 Å². The van der Waals surface area contributed by atoms with Crippen molar-refractivity contribution in [1.82, 2.24) is 0 Å². The number of rotatable bonds is 0. The third-order valence-corrected chi connectivity index (χ3v) is 0. The van der Waals surface area contributed by atoms with Gasteiger partial charge in [-0.25, -0.2) is 0 Å². The molecule has 55 heavy (non-hydrogen) atoms. The van der Waals surface area contributed by atoms with E-state index in [1.807, 2.05) is 0 Å². The Bertz CT molecular complexity index is 159. The summed E-state index contributed by atoms with van der Waals surface area (Å²) in [6.07, 6.45) is 0. The summed E-state index contributed by atoms with van der Waals surface area (Å²) in [4.78, 5) is 0. The fourth-order valence-electron chi connectivity index (χ4n) is 0. The second kappa shape index (κ2) is 561. The molecule has 0 saturated heterocycles. The molecule has 0 aliphatic rings. The molecule has 0 aromatic carbocycles. The van der Waals surface area contributed by atoms with Crippen LogP contribution < -0.4 is 0 Å². The first kappa shape index (κ1) is 580. The zero-order valence-electron chi connectivity index (χ0n) is 85.0. The van der Waals surface area contributed by atoms with E-state index in [2.05, 4.69) is 0 Å². The van der Waals surface area contributed by atoms with Crippen LogP contribution in [0.1, 0.15) is 71.3 Å². The van der Waals surface area contributed by atoms with Crippen molar-refractivity contribution in [3.8, 4) is 0 Å². The average molecular weight is 1470 g/mol. The van der Waals surface area contributed by atoms with Crippen LogP contribution in [0.3, 0.4) is 0 Å². The van der Waals surface area contributed by atoms with Gasteiger partial charge in [0.15, 0.2) is 0 Å². The van der Waals surface area contributed by atoms with Crippen LogP contribution in [0.5, 0.6) is 0 Å². The molecule has 0 aromatic heterocycles. The van der Waals surface area contributed by atoms with Crippen molar-refractivity contribution in [1.29, 1.82) is 0 Å². The molecule has 0 unspecified atom stereocenters. The summed E-state index contributed by atoms with van der Waals surface area (Å²) in [5, 5.41) is 0. The number of hydrogen-bond donors (Lipinski definition) is 0. The first-order chi connectivity index (χ1) is 0. The van der Waals surface area contributed by atoms with E-state index in [0.29, 0.717) is 0 Å². The van der Waals surface area contributed by atoms with E-state index in [1.165, 1.54) is 0 Å². The minimum atomic E-state index is 0. The molecular formula is H50Al30Mg25. The summed E-state index contributed by atoms with van der Waals surface area (Å²) >= 11 is 0. The summed E-state index contributed by atoms with van der Waals surface area (Å²) in [6, 6.07) is 0. The van der Waals surface area contributed by atoms with Crippen LogP contribution in [0.2, 0.25) is 0 Å². The summed E-state index contributed by atoms with van der Waals surface area (Å²) in [7, 11) is 0. The average Bonchev–Trinajstić information content (AvgIpc) is 0. The van der Waals surface area contributed by atoms with Gasteiger partial charge in [0.05, 0.1) is 0 Å². The van der Waals surface area contributed by atoms with Crippen molar-refractivity contribution in [2.24, 2.45) is 0 Å². The first-order valence-corrected chi connectivity index (χ1v) is 0. The van der Waals surface area contributed by atoms with Gasteiger partial charge in [0, 0.05) is 521 Å². The quantitative estimate of drug-likeness (QED) is 0.212. The van der Waals surface area contributed by atoms with Gasteiger partial charge < -0.3 is 71.3 Å². The second-order valence-electron chi connectivity index (χ2n) is 0. The predicted molar refractivity (Wildman–Crippen MR) is 372 cm³/mol. The third-order valence-electron chi connectivity index (χ3n) is 0. The Kier molecular flexibility index (Phi) is 5920. The van der Waals surface area contributed by atoms with Crippen LogP contribution in [0.15, 0.2) is 0 Å². The standard InChI is InChI=1S/30Al.25Mg.50H/q;;;;;;;;;;;;;;;;;;;;;;;;;;;;;;25*+2;50*-1. The van der Waals surface area contributed by atoms with Gasteiger partial charge in [0.1, 0.15) is 0 Å². The number of hydrogen-bond acceptors (Lipinski definition) is 0. The van der Waals surface area contributed by atoms with Crippen molar-refractivity contribution < 1.29 is 71.3 Å². The van der Waals surface area contributed by atoms with Crippen molar-refractivity contribution in [2.75, 3.05) is 0 Å². The maximum absolute atomic E-state index is 0. The fraction of sp³-hybridized carbons (Fsp3) is 0. The first-order valence-electron chi connectivity index (χ1n) is 0. The zero-order valence-corrected chi connectivity index (χ0v) is 105. The van der Waals surface area contributed by atoms with E-state index in [4.69, 9.17) is 0 Å². The Morgan fingerprint density at radius 1 is 0.0545 bits per heavy atom. The van der Waals surface area contributed by atoms with Crippen molar-refractivity contribution >= 4 is 1100 Å². The minimum absolute atomic E-state index is 0. The van der Waals surface area contributed by atoms with E-state index < -0.39 is 0 Å². The molecule has 0 aliphatic carbocycles. The molecular weight excluding hydrogens is 1420 g/mol. The summed E-state index contributed by atoms with van der Waals surface area (Å²) in [5.74, 6) is 0. The molecule has 190 valence electrons. The molecule has 0 amide bonds. The molecule has 55 heteroatoms. The van der Waals surface area contributed by atoms with Crippen molar-refractivity contribution in [3.63, 3.8) is 0 Å². The van der Waals surface area contributed by atoms with E-state index >= 15 is 0 Å². The van der Waals surface area contributed by atoms with Crippen LogP contribution >= 0.6 is 0 Å². The molecule has 0 spiro atoms. The van der Waals surface area contributed by atoms with Gasteiger partial charge in [0.2, 0.25) is 0 Å². The van der Waals surface area contributed by atoms with Gasteiger partial charge in [-0.1, -0.05) is 0 Å². The van der Waals surface area contributed by atoms with Gasteiger partial charge >= 0.3 is 576 Å².